The molecule has 0 saturated carbocycles. The van der Waals surface area contributed by atoms with E-state index in [0.29, 0.717) is 22.9 Å². The highest BCUT2D eigenvalue weighted by Gasteiger charge is 2.43. The van der Waals surface area contributed by atoms with E-state index in [4.69, 9.17) is 11.6 Å². The van der Waals surface area contributed by atoms with Gasteiger partial charge >= 0.3 is 0 Å². The van der Waals surface area contributed by atoms with E-state index in [-0.39, 0.29) is 22.6 Å². The maximum atomic E-state index is 13.7. The molecule has 1 saturated heterocycles. The number of nitrogens with zero attached hydrogens (tertiary/aromatic N) is 1. The van der Waals surface area contributed by atoms with Gasteiger partial charge in [0.2, 0.25) is 5.91 Å². The molecular weight excluding hydrogens is 464 g/mol. The number of carbonyl (C=O) groups is 2. The molecule has 0 radical (unpaired) electrons. The highest BCUT2D eigenvalue weighted by molar-refractivity contribution is 7.99. The first-order valence-electron chi connectivity index (χ1n) is 11.4. The molecule has 3 aromatic carbocycles. The third-order valence-electron chi connectivity index (χ3n) is 6.01. The van der Waals surface area contributed by atoms with Crippen molar-refractivity contribution in [1.82, 2.24) is 10.2 Å². The average molecular weight is 493 g/mol. The molecule has 1 fully saturated rings. The molecule has 1 aliphatic rings. The predicted molar refractivity (Wildman–Crippen MR) is 140 cm³/mol. The van der Waals surface area contributed by atoms with Gasteiger partial charge in [-0.05, 0) is 34.2 Å². The van der Waals surface area contributed by atoms with E-state index in [1.807, 2.05) is 30.3 Å². The zero-order valence-electron chi connectivity index (χ0n) is 19.6. The van der Waals surface area contributed by atoms with Gasteiger partial charge in [0.15, 0.2) is 0 Å². The number of amides is 2. The fraction of sp³-hybridized carbons (Fsp3) is 0.286. The standard InChI is InChI=1S/C28H29ClN2O2S/c1-28(2,3)21-15-13-20(14-16-21)27-31(26(33)22-11-7-8-12-23(22)29)24(18-34-27)25(32)30-17-19-9-5-4-6-10-19/h4-16,24,27H,17-18H2,1-3H3,(H,30,32). The third kappa shape index (κ3) is 5.31. The molecule has 34 heavy (non-hydrogen) atoms. The Bertz CT molecular complexity index is 1160. The zero-order chi connectivity index (χ0) is 24.3. The number of hydrogen-bond acceptors (Lipinski definition) is 3. The first-order valence-corrected chi connectivity index (χ1v) is 12.8. The maximum absolute atomic E-state index is 13.7. The van der Waals surface area contributed by atoms with Crippen LogP contribution in [-0.4, -0.2) is 28.5 Å². The van der Waals surface area contributed by atoms with Crippen molar-refractivity contribution in [2.45, 2.75) is 44.1 Å². The maximum Gasteiger partial charge on any atom is 0.257 e. The van der Waals surface area contributed by atoms with Crippen molar-refractivity contribution >= 4 is 35.2 Å². The highest BCUT2D eigenvalue weighted by atomic mass is 35.5. The van der Waals surface area contributed by atoms with Crippen LogP contribution >= 0.6 is 23.4 Å². The Hall–Kier alpha value is -2.76. The second kappa shape index (κ2) is 10.2. The normalized spacial score (nSPS) is 18.1. The third-order valence-corrected chi connectivity index (χ3v) is 7.67. The number of carbonyl (C=O) groups excluding carboxylic acids is 2. The van der Waals surface area contributed by atoms with E-state index in [1.165, 1.54) is 5.56 Å². The minimum absolute atomic E-state index is 0.0360. The quantitative estimate of drug-likeness (QED) is 0.460. The van der Waals surface area contributed by atoms with Gasteiger partial charge in [0.25, 0.3) is 5.91 Å². The van der Waals surface area contributed by atoms with Gasteiger partial charge in [-0.3, -0.25) is 9.59 Å². The molecule has 1 aliphatic heterocycles. The molecule has 4 rings (SSSR count). The van der Waals surface area contributed by atoms with Crippen molar-refractivity contribution in [3.63, 3.8) is 0 Å². The summed E-state index contributed by atoms with van der Waals surface area (Å²) in [4.78, 5) is 28.7. The Labute approximate surface area is 210 Å². The summed E-state index contributed by atoms with van der Waals surface area (Å²) in [5.74, 6) is 0.119. The molecule has 1 N–H and O–H groups in total. The molecule has 2 unspecified atom stereocenters. The Morgan fingerprint density at radius 2 is 1.62 bits per heavy atom. The number of rotatable bonds is 5. The van der Waals surface area contributed by atoms with Crippen LogP contribution in [0.15, 0.2) is 78.9 Å². The molecule has 2 amide bonds. The van der Waals surface area contributed by atoms with Crippen LogP contribution in [0.3, 0.4) is 0 Å². The monoisotopic (exact) mass is 492 g/mol. The minimum atomic E-state index is -0.593. The van der Waals surface area contributed by atoms with Crippen LogP contribution in [0.2, 0.25) is 5.02 Å². The number of thioether (sulfide) groups is 1. The van der Waals surface area contributed by atoms with E-state index in [9.17, 15) is 9.59 Å². The second-order valence-electron chi connectivity index (χ2n) is 9.47. The van der Waals surface area contributed by atoms with Crippen molar-refractivity contribution in [1.29, 1.82) is 0 Å². The zero-order valence-corrected chi connectivity index (χ0v) is 21.2. The molecule has 0 aliphatic carbocycles. The molecule has 4 nitrogen and oxygen atoms in total. The lowest BCUT2D eigenvalue weighted by atomic mass is 9.86. The lowest BCUT2D eigenvalue weighted by Crippen LogP contribution is -2.47. The molecule has 2 atom stereocenters. The number of benzene rings is 3. The van der Waals surface area contributed by atoms with Gasteiger partial charge in [-0.2, -0.15) is 0 Å². The van der Waals surface area contributed by atoms with Crippen molar-refractivity contribution in [3.05, 3.63) is 106 Å². The van der Waals surface area contributed by atoms with E-state index >= 15 is 0 Å². The smallest absolute Gasteiger partial charge is 0.257 e. The lowest BCUT2D eigenvalue weighted by Gasteiger charge is -2.30. The van der Waals surface area contributed by atoms with Crippen molar-refractivity contribution in [2.24, 2.45) is 0 Å². The van der Waals surface area contributed by atoms with Crippen molar-refractivity contribution < 1.29 is 9.59 Å². The minimum Gasteiger partial charge on any atom is -0.350 e. The molecular formula is C28H29ClN2O2S. The van der Waals surface area contributed by atoms with E-state index in [0.717, 1.165) is 11.1 Å². The topological polar surface area (TPSA) is 49.4 Å². The first-order chi connectivity index (χ1) is 16.3. The molecule has 176 valence electrons. The van der Waals surface area contributed by atoms with Crippen molar-refractivity contribution in [3.8, 4) is 0 Å². The Balaban J connectivity index is 1.63. The molecule has 0 aromatic heterocycles. The summed E-state index contributed by atoms with van der Waals surface area (Å²) in [7, 11) is 0. The van der Waals surface area contributed by atoms with Crippen LogP contribution in [0, 0.1) is 0 Å². The van der Waals surface area contributed by atoms with Gasteiger partial charge in [-0.15, -0.1) is 11.8 Å². The average Bonchev–Trinajstić information content (AvgIpc) is 3.28. The van der Waals surface area contributed by atoms with Gasteiger partial charge in [0, 0.05) is 12.3 Å². The fourth-order valence-electron chi connectivity index (χ4n) is 4.04. The number of hydrogen-bond donors (Lipinski definition) is 1. The summed E-state index contributed by atoms with van der Waals surface area (Å²) in [6, 6.07) is 24.5. The SMILES string of the molecule is CC(C)(C)c1ccc(C2SCC(C(=O)NCc3ccccc3)N2C(=O)c2ccccc2Cl)cc1. The van der Waals surface area contributed by atoms with Crippen LogP contribution in [0.5, 0.6) is 0 Å². The molecule has 0 spiro atoms. The molecule has 0 bridgehead atoms. The first kappa shape index (κ1) is 24.4. The summed E-state index contributed by atoms with van der Waals surface area (Å²) in [5.41, 5.74) is 3.68. The van der Waals surface area contributed by atoms with Gasteiger partial charge in [0.05, 0.1) is 10.6 Å². The van der Waals surface area contributed by atoms with Crippen molar-refractivity contribution in [2.75, 3.05) is 5.75 Å². The van der Waals surface area contributed by atoms with Gasteiger partial charge in [0.1, 0.15) is 11.4 Å². The lowest BCUT2D eigenvalue weighted by molar-refractivity contribution is -0.125. The van der Waals surface area contributed by atoms with Gasteiger partial charge in [-0.1, -0.05) is 99.1 Å². The largest absolute Gasteiger partial charge is 0.350 e. The summed E-state index contributed by atoms with van der Waals surface area (Å²) < 4.78 is 0. The number of halogens is 1. The van der Waals surface area contributed by atoms with Crippen LogP contribution in [-0.2, 0) is 16.8 Å². The van der Waals surface area contributed by atoms with Gasteiger partial charge < -0.3 is 10.2 Å². The predicted octanol–water partition coefficient (Wildman–Crippen LogP) is 6.21. The molecule has 1 heterocycles. The summed E-state index contributed by atoms with van der Waals surface area (Å²) >= 11 is 7.98. The Kier molecular flexibility index (Phi) is 7.34. The van der Waals surface area contributed by atoms with Crippen LogP contribution < -0.4 is 5.32 Å². The Morgan fingerprint density at radius 1 is 0.971 bits per heavy atom. The summed E-state index contributed by atoms with van der Waals surface area (Å²) in [6.45, 7) is 6.94. The Morgan fingerprint density at radius 3 is 2.26 bits per heavy atom. The summed E-state index contributed by atoms with van der Waals surface area (Å²) in [6.07, 6.45) is 0. The highest BCUT2D eigenvalue weighted by Crippen LogP contribution is 2.43. The van der Waals surface area contributed by atoms with E-state index in [2.05, 4.69) is 50.4 Å². The summed E-state index contributed by atoms with van der Waals surface area (Å²) in [5, 5.41) is 3.12. The second-order valence-corrected chi connectivity index (χ2v) is 11.0. The van der Waals surface area contributed by atoms with Crippen LogP contribution in [0.4, 0.5) is 0 Å². The van der Waals surface area contributed by atoms with Crippen LogP contribution in [0.25, 0.3) is 0 Å². The molecule has 6 heteroatoms. The van der Waals surface area contributed by atoms with E-state index < -0.39 is 6.04 Å². The number of nitrogens with one attached hydrogen (secondary N) is 1. The van der Waals surface area contributed by atoms with Crippen LogP contribution in [0.1, 0.15) is 53.2 Å². The van der Waals surface area contributed by atoms with E-state index in [1.54, 1.807) is 40.9 Å². The molecule has 3 aromatic rings. The van der Waals surface area contributed by atoms with Gasteiger partial charge in [-0.25, -0.2) is 0 Å². The fourth-order valence-corrected chi connectivity index (χ4v) is 5.68.